The number of methoxy groups -OCH3 is 1. The summed E-state index contributed by atoms with van der Waals surface area (Å²) < 4.78 is 5.38. The van der Waals surface area contributed by atoms with Crippen molar-refractivity contribution in [2.24, 2.45) is 0 Å². The third-order valence-electron chi connectivity index (χ3n) is 3.55. The summed E-state index contributed by atoms with van der Waals surface area (Å²) in [5.41, 5.74) is 3.35. The van der Waals surface area contributed by atoms with Crippen molar-refractivity contribution < 1.29 is 9.84 Å². The fraction of sp³-hybridized carbons (Fsp3) is 0.333. The molecule has 0 spiro atoms. The number of rotatable bonds is 7. The van der Waals surface area contributed by atoms with Crippen LogP contribution < -0.4 is 10.1 Å². The molecule has 0 aliphatic carbocycles. The average molecular weight is 285 g/mol. The Kier molecular flexibility index (Phi) is 5.78. The van der Waals surface area contributed by atoms with E-state index in [1.807, 2.05) is 36.4 Å². The van der Waals surface area contributed by atoms with E-state index in [0.717, 1.165) is 24.3 Å². The summed E-state index contributed by atoms with van der Waals surface area (Å²) in [5.74, 6) is 0.938. The van der Waals surface area contributed by atoms with Crippen molar-refractivity contribution in [1.82, 2.24) is 5.32 Å². The number of benzene rings is 2. The van der Waals surface area contributed by atoms with Crippen LogP contribution in [0.25, 0.3) is 0 Å². The number of aliphatic hydroxyl groups is 1. The number of ether oxygens (including phenoxy) is 1. The van der Waals surface area contributed by atoms with Crippen LogP contribution in [0.5, 0.6) is 5.75 Å². The first-order valence-electron chi connectivity index (χ1n) is 7.27. The molecular formula is C18H23NO2. The fourth-order valence-electron chi connectivity index (χ4n) is 2.40. The van der Waals surface area contributed by atoms with Gasteiger partial charge in [0, 0.05) is 12.6 Å². The molecule has 3 nitrogen and oxygen atoms in total. The standard InChI is InChI=1S/C18H23NO2/c1-14(10-17-8-3-4-9-18(17)21-2)19-12-15-6-5-7-16(11-15)13-20/h3-9,11,14,19-20H,10,12-13H2,1-2H3. The van der Waals surface area contributed by atoms with Gasteiger partial charge in [0.2, 0.25) is 0 Å². The molecule has 2 aromatic carbocycles. The summed E-state index contributed by atoms with van der Waals surface area (Å²) >= 11 is 0. The Labute approximate surface area is 126 Å². The van der Waals surface area contributed by atoms with Gasteiger partial charge in [0.1, 0.15) is 5.75 Å². The number of hydrogen-bond acceptors (Lipinski definition) is 3. The van der Waals surface area contributed by atoms with Gasteiger partial charge in [0.05, 0.1) is 13.7 Å². The number of aliphatic hydroxyl groups excluding tert-OH is 1. The van der Waals surface area contributed by atoms with Gasteiger partial charge in [-0.3, -0.25) is 0 Å². The molecule has 0 heterocycles. The van der Waals surface area contributed by atoms with E-state index in [1.165, 1.54) is 11.1 Å². The molecule has 0 aromatic heterocycles. The van der Waals surface area contributed by atoms with Crippen molar-refractivity contribution in [3.8, 4) is 5.75 Å². The molecule has 0 aliphatic heterocycles. The third kappa shape index (κ3) is 4.59. The van der Waals surface area contributed by atoms with E-state index in [9.17, 15) is 0 Å². The first-order chi connectivity index (χ1) is 10.2. The molecule has 0 amide bonds. The normalized spacial score (nSPS) is 12.1. The van der Waals surface area contributed by atoms with Crippen molar-refractivity contribution in [3.63, 3.8) is 0 Å². The lowest BCUT2D eigenvalue weighted by Crippen LogP contribution is -2.27. The zero-order valence-electron chi connectivity index (χ0n) is 12.7. The van der Waals surface area contributed by atoms with E-state index in [2.05, 4.69) is 24.4 Å². The second-order valence-corrected chi connectivity index (χ2v) is 5.28. The Hall–Kier alpha value is -1.84. The van der Waals surface area contributed by atoms with Gasteiger partial charge in [0.25, 0.3) is 0 Å². The lowest BCUT2D eigenvalue weighted by atomic mass is 10.1. The minimum atomic E-state index is 0.0879. The second kappa shape index (κ2) is 7.81. The van der Waals surface area contributed by atoms with Crippen LogP contribution in [0.3, 0.4) is 0 Å². The number of nitrogens with one attached hydrogen (secondary N) is 1. The fourth-order valence-corrected chi connectivity index (χ4v) is 2.40. The van der Waals surface area contributed by atoms with Gasteiger partial charge in [-0.25, -0.2) is 0 Å². The molecule has 0 fully saturated rings. The van der Waals surface area contributed by atoms with Crippen LogP contribution >= 0.6 is 0 Å². The van der Waals surface area contributed by atoms with Gasteiger partial charge in [0.15, 0.2) is 0 Å². The third-order valence-corrected chi connectivity index (χ3v) is 3.55. The first kappa shape index (κ1) is 15.5. The highest BCUT2D eigenvalue weighted by Crippen LogP contribution is 2.19. The van der Waals surface area contributed by atoms with E-state index in [1.54, 1.807) is 7.11 Å². The van der Waals surface area contributed by atoms with Crippen LogP contribution in [0.2, 0.25) is 0 Å². The largest absolute Gasteiger partial charge is 0.496 e. The molecule has 0 saturated carbocycles. The van der Waals surface area contributed by atoms with Gasteiger partial charge in [-0.1, -0.05) is 42.5 Å². The summed E-state index contributed by atoms with van der Waals surface area (Å²) in [4.78, 5) is 0. The van der Waals surface area contributed by atoms with Crippen molar-refractivity contribution in [2.45, 2.75) is 32.5 Å². The average Bonchev–Trinajstić information content (AvgIpc) is 2.53. The highest BCUT2D eigenvalue weighted by atomic mass is 16.5. The second-order valence-electron chi connectivity index (χ2n) is 5.28. The molecule has 0 radical (unpaired) electrons. The van der Waals surface area contributed by atoms with Crippen molar-refractivity contribution >= 4 is 0 Å². The lowest BCUT2D eigenvalue weighted by molar-refractivity contribution is 0.281. The Morgan fingerprint density at radius 2 is 1.86 bits per heavy atom. The lowest BCUT2D eigenvalue weighted by Gasteiger charge is -2.16. The van der Waals surface area contributed by atoms with Crippen LogP contribution in [0.4, 0.5) is 0 Å². The molecular weight excluding hydrogens is 262 g/mol. The van der Waals surface area contributed by atoms with Crippen molar-refractivity contribution in [3.05, 3.63) is 65.2 Å². The zero-order valence-corrected chi connectivity index (χ0v) is 12.7. The Morgan fingerprint density at radius 3 is 2.62 bits per heavy atom. The number of para-hydroxylation sites is 1. The van der Waals surface area contributed by atoms with E-state index < -0.39 is 0 Å². The first-order valence-corrected chi connectivity index (χ1v) is 7.27. The molecule has 21 heavy (non-hydrogen) atoms. The van der Waals surface area contributed by atoms with Crippen LogP contribution in [0.1, 0.15) is 23.6 Å². The Balaban J connectivity index is 1.91. The molecule has 2 aromatic rings. The van der Waals surface area contributed by atoms with Gasteiger partial charge in [-0.05, 0) is 36.1 Å². The minimum absolute atomic E-state index is 0.0879. The SMILES string of the molecule is COc1ccccc1CC(C)NCc1cccc(CO)c1. The molecule has 112 valence electrons. The molecule has 2 N–H and O–H groups in total. The van der Waals surface area contributed by atoms with E-state index in [4.69, 9.17) is 9.84 Å². The van der Waals surface area contributed by atoms with Gasteiger partial charge < -0.3 is 15.2 Å². The molecule has 1 unspecified atom stereocenters. The minimum Gasteiger partial charge on any atom is -0.496 e. The molecule has 0 saturated heterocycles. The quantitative estimate of drug-likeness (QED) is 0.822. The van der Waals surface area contributed by atoms with Crippen LogP contribution in [-0.2, 0) is 19.6 Å². The molecule has 0 bridgehead atoms. The molecule has 0 aliphatic rings. The van der Waals surface area contributed by atoms with Crippen molar-refractivity contribution in [2.75, 3.05) is 7.11 Å². The van der Waals surface area contributed by atoms with Crippen LogP contribution in [0, 0.1) is 0 Å². The van der Waals surface area contributed by atoms with E-state index in [-0.39, 0.29) is 6.61 Å². The maximum Gasteiger partial charge on any atom is 0.122 e. The van der Waals surface area contributed by atoms with E-state index >= 15 is 0 Å². The topological polar surface area (TPSA) is 41.5 Å². The molecule has 2 rings (SSSR count). The summed E-state index contributed by atoms with van der Waals surface area (Å²) in [6.45, 7) is 3.05. The summed E-state index contributed by atoms with van der Waals surface area (Å²) in [5, 5.41) is 12.7. The molecule has 1 atom stereocenters. The van der Waals surface area contributed by atoms with Crippen LogP contribution in [-0.4, -0.2) is 18.3 Å². The van der Waals surface area contributed by atoms with Crippen LogP contribution in [0.15, 0.2) is 48.5 Å². The summed E-state index contributed by atoms with van der Waals surface area (Å²) in [7, 11) is 1.71. The highest BCUT2D eigenvalue weighted by molar-refractivity contribution is 5.33. The zero-order chi connectivity index (χ0) is 15.1. The smallest absolute Gasteiger partial charge is 0.122 e. The summed E-state index contributed by atoms with van der Waals surface area (Å²) in [6, 6.07) is 16.5. The summed E-state index contributed by atoms with van der Waals surface area (Å²) in [6.07, 6.45) is 0.920. The van der Waals surface area contributed by atoms with Gasteiger partial charge >= 0.3 is 0 Å². The monoisotopic (exact) mass is 285 g/mol. The predicted octanol–water partition coefficient (Wildman–Crippen LogP) is 2.91. The maximum atomic E-state index is 9.16. The van der Waals surface area contributed by atoms with E-state index in [0.29, 0.717) is 6.04 Å². The Bertz CT molecular complexity index is 569. The Morgan fingerprint density at radius 1 is 1.10 bits per heavy atom. The maximum absolute atomic E-state index is 9.16. The predicted molar refractivity (Wildman–Crippen MR) is 85.4 cm³/mol. The van der Waals surface area contributed by atoms with Gasteiger partial charge in [-0.2, -0.15) is 0 Å². The molecule has 3 heteroatoms. The van der Waals surface area contributed by atoms with Gasteiger partial charge in [-0.15, -0.1) is 0 Å². The highest BCUT2D eigenvalue weighted by Gasteiger charge is 2.07. The number of hydrogen-bond donors (Lipinski definition) is 2. The van der Waals surface area contributed by atoms with Crippen molar-refractivity contribution in [1.29, 1.82) is 0 Å².